The number of aromatic hydroxyl groups is 1. The SMILES string of the molecule is CC(=O)N[C@@H](CCCCN)C(=O)N[C@@H](Cc1ccc(O)cc1)C(=O)N[C@@H](CCCCN)C(=O)O. The van der Waals surface area contributed by atoms with Crippen LogP contribution in [0.15, 0.2) is 24.3 Å². The summed E-state index contributed by atoms with van der Waals surface area (Å²) in [7, 11) is 0. The van der Waals surface area contributed by atoms with Gasteiger partial charge in [0.15, 0.2) is 0 Å². The molecule has 1 aromatic carbocycles. The number of nitrogens with two attached hydrogens (primary N) is 2. The molecule has 11 nitrogen and oxygen atoms in total. The second kappa shape index (κ2) is 15.6. The fourth-order valence-electron chi connectivity index (χ4n) is 3.38. The zero-order valence-corrected chi connectivity index (χ0v) is 19.6. The molecule has 0 aliphatic rings. The van der Waals surface area contributed by atoms with Crippen LogP contribution in [0.1, 0.15) is 51.0 Å². The molecular weight excluding hydrogens is 442 g/mol. The molecule has 0 aliphatic carbocycles. The molecule has 1 rings (SSSR count). The Hall–Kier alpha value is -3.18. The van der Waals surface area contributed by atoms with Gasteiger partial charge in [0.2, 0.25) is 17.7 Å². The van der Waals surface area contributed by atoms with Crippen molar-refractivity contribution in [1.82, 2.24) is 16.0 Å². The molecule has 0 saturated carbocycles. The molecule has 3 amide bonds. The van der Waals surface area contributed by atoms with Crippen LogP contribution in [0, 0.1) is 0 Å². The molecule has 0 bridgehead atoms. The van der Waals surface area contributed by atoms with Crippen LogP contribution in [-0.2, 0) is 25.6 Å². The molecule has 9 N–H and O–H groups in total. The Bertz CT molecular complexity index is 802. The summed E-state index contributed by atoms with van der Waals surface area (Å²) in [6, 6.07) is 3.01. The third-order valence-corrected chi connectivity index (χ3v) is 5.21. The van der Waals surface area contributed by atoms with Crippen molar-refractivity contribution >= 4 is 23.7 Å². The van der Waals surface area contributed by atoms with E-state index in [9.17, 15) is 29.4 Å². The number of hydrogen-bond acceptors (Lipinski definition) is 7. The molecular formula is C23H37N5O6. The maximum atomic E-state index is 13.0. The lowest BCUT2D eigenvalue weighted by Gasteiger charge is -2.24. The van der Waals surface area contributed by atoms with E-state index in [1.54, 1.807) is 12.1 Å². The van der Waals surface area contributed by atoms with E-state index >= 15 is 0 Å². The topological polar surface area (TPSA) is 197 Å². The Balaban J connectivity index is 3.03. The Morgan fingerprint density at radius 2 is 1.29 bits per heavy atom. The molecule has 0 saturated heterocycles. The first-order valence-electron chi connectivity index (χ1n) is 11.5. The number of rotatable bonds is 16. The van der Waals surface area contributed by atoms with Gasteiger partial charge in [0.1, 0.15) is 23.9 Å². The first kappa shape index (κ1) is 28.9. The van der Waals surface area contributed by atoms with Crippen LogP contribution >= 0.6 is 0 Å². The molecule has 3 atom stereocenters. The number of unbranched alkanes of at least 4 members (excludes halogenated alkanes) is 2. The molecule has 0 unspecified atom stereocenters. The van der Waals surface area contributed by atoms with Gasteiger partial charge >= 0.3 is 5.97 Å². The number of nitrogens with one attached hydrogen (secondary N) is 3. The average Bonchev–Trinajstić information content (AvgIpc) is 2.78. The van der Waals surface area contributed by atoms with Crippen LogP contribution in [0.2, 0.25) is 0 Å². The predicted octanol–water partition coefficient (Wildman–Crippen LogP) is -0.248. The van der Waals surface area contributed by atoms with Gasteiger partial charge in [-0.1, -0.05) is 12.1 Å². The molecule has 34 heavy (non-hydrogen) atoms. The third kappa shape index (κ3) is 11.1. The lowest BCUT2D eigenvalue weighted by Crippen LogP contribution is -2.56. The van der Waals surface area contributed by atoms with Gasteiger partial charge in [0, 0.05) is 13.3 Å². The Morgan fingerprint density at radius 1 is 0.794 bits per heavy atom. The zero-order valence-electron chi connectivity index (χ0n) is 19.6. The maximum Gasteiger partial charge on any atom is 0.326 e. The minimum atomic E-state index is -1.18. The predicted molar refractivity (Wildman–Crippen MR) is 127 cm³/mol. The van der Waals surface area contributed by atoms with Crippen LogP contribution in [0.4, 0.5) is 0 Å². The first-order chi connectivity index (χ1) is 16.2. The Kier molecular flexibility index (Phi) is 13.3. The Labute approximate surface area is 199 Å². The number of carbonyl (C=O) groups excluding carboxylic acids is 3. The van der Waals surface area contributed by atoms with Crippen molar-refractivity contribution in [1.29, 1.82) is 0 Å². The summed E-state index contributed by atoms with van der Waals surface area (Å²) in [6.45, 7) is 2.15. The van der Waals surface area contributed by atoms with Gasteiger partial charge < -0.3 is 37.6 Å². The molecule has 0 heterocycles. The minimum Gasteiger partial charge on any atom is -0.508 e. The summed E-state index contributed by atoms with van der Waals surface area (Å²) in [5, 5.41) is 26.7. The summed E-state index contributed by atoms with van der Waals surface area (Å²) in [6.07, 6.45) is 3.01. The quantitative estimate of drug-likeness (QED) is 0.157. The van der Waals surface area contributed by atoms with Crippen molar-refractivity contribution < 1.29 is 29.4 Å². The molecule has 0 spiro atoms. The summed E-state index contributed by atoms with van der Waals surface area (Å²) in [5.74, 6) is -2.74. The molecule has 0 fully saturated rings. The van der Waals surface area contributed by atoms with Crippen LogP contribution < -0.4 is 27.4 Å². The van der Waals surface area contributed by atoms with Crippen LogP contribution in [-0.4, -0.2) is 65.1 Å². The fourth-order valence-corrected chi connectivity index (χ4v) is 3.38. The number of benzene rings is 1. The highest BCUT2D eigenvalue weighted by Gasteiger charge is 2.29. The number of hydrogen-bond donors (Lipinski definition) is 7. The molecule has 0 aliphatic heterocycles. The number of phenols is 1. The van der Waals surface area contributed by atoms with Crippen LogP contribution in [0.25, 0.3) is 0 Å². The second-order valence-electron chi connectivity index (χ2n) is 8.15. The van der Waals surface area contributed by atoms with E-state index in [1.165, 1.54) is 19.1 Å². The van der Waals surface area contributed by atoms with Gasteiger partial charge in [-0.25, -0.2) is 4.79 Å². The maximum absolute atomic E-state index is 13.0. The summed E-state index contributed by atoms with van der Waals surface area (Å²) < 4.78 is 0. The monoisotopic (exact) mass is 479 g/mol. The van der Waals surface area contributed by atoms with Gasteiger partial charge in [0.25, 0.3) is 0 Å². The Morgan fingerprint density at radius 3 is 1.79 bits per heavy atom. The van der Waals surface area contributed by atoms with E-state index in [-0.39, 0.29) is 18.6 Å². The molecule has 1 aromatic rings. The van der Waals surface area contributed by atoms with Crippen molar-refractivity contribution in [2.24, 2.45) is 11.5 Å². The average molecular weight is 480 g/mol. The number of phenolic OH excluding ortho intramolecular Hbond substituents is 1. The highest BCUT2D eigenvalue weighted by molar-refractivity contribution is 5.93. The van der Waals surface area contributed by atoms with E-state index in [2.05, 4.69) is 16.0 Å². The number of carboxylic acids is 1. The number of carbonyl (C=O) groups is 4. The third-order valence-electron chi connectivity index (χ3n) is 5.21. The molecule has 190 valence electrons. The van der Waals surface area contributed by atoms with Crippen molar-refractivity contribution in [2.75, 3.05) is 13.1 Å². The van der Waals surface area contributed by atoms with E-state index < -0.39 is 41.8 Å². The lowest BCUT2D eigenvalue weighted by molar-refractivity contribution is -0.142. The van der Waals surface area contributed by atoms with E-state index in [0.717, 1.165) is 0 Å². The van der Waals surface area contributed by atoms with Gasteiger partial charge in [-0.3, -0.25) is 14.4 Å². The van der Waals surface area contributed by atoms with E-state index in [1.807, 2.05) is 0 Å². The summed E-state index contributed by atoms with van der Waals surface area (Å²) in [4.78, 5) is 49.2. The fraction of sp³-hybridized carbons (Fsp3) is 0.565. The van der Waals surface area contributed by atoms with Crippen LogP contribution in [0.3, 0.4) is 0 Å². The standard InChI is InChI=1S/C23H37N5O6/c1-15(29)26-18(6-2-4-12-24)21(31)28-20(14-16-8-10-17(30)11-9-16)22(32)27-19(23(33)34)7-3-5-13-25/h8-11,18-20,30H,2-7,12-14,24-25H2,1H3,(H,26,29)(H,27,32)(H,28,31)(H,33,34)/t18-,19-,20-/m0/s1. The normalized spacial score (nSPS) is 13.4. The van der Waals surface area contributed by atoms with Gasteiger partial charge in [0.05, 0.1) is 0 Å². The largest absolute Gasteiger partial charge is 0.508 e. The van der Waals surface area contributed by atoms with Gasteiger partial charge in [-0.15, -0.1) is 0 Å². The smallest absolute Gasteiger partial charge is 0.326 e. The second-order valence-corrected chi connectivity index (χ2v) is 8.15. The van der Waals surface area contributed by atoms with E-state index in [0.29, 0.717) is 50.8 Å². The van der Waals surface area contributed by atoms with E-state index in [4.69, 9.17) is 11.5 Å². The molecule has 0 radical (unpaired) electrons. The highest BCUT2D eigenvalue weighted by atomic mass is 16.4. The first-order valence-corrected chi connectivity index (χ1v) is 11.5. The van der Waals surface area contributed by atoms with Crippen molar-refractivity contribution in [3.05, 3.63) is 29.8 Å². The zero-order chi connectivity index (χ0) is 25.5. The summed E-state index contributed by atoms with van der Waals surface area (Å²) in [5.41, 5.74) is 11.6. The molecule has 11 heteroatoms. The lowest BCUT2D eigenvalue weighted by atomic mass is 10.0. The minimum absolute atomic E-state index is 0.0465. The van der Waals surface area contributed by atoms with Crippen molar-refractivity contribution in [3.8, 4) is 5.75 Å². The van der Waals surface area contributed by atoms with Crippen molar-refractivity contribution in [3.63, 3.8) is 0 Å². The summed E-state index contributed by atoms with van der Waals surface area (Å²) >= 11 is 0. The van der Waals surface area contributed by atoms with Crippen LogP contribution in [0.5, 0.6) is 5.75 Å². The molecule has 0 aromatic heterocycles. The van der Waals surface area contributed by atoms with Gasteiger partial charge in [-0.05, 0) is 69.3 Å². The number of amides is 3. The highest BCUT2D eigenvalue weighted by Crippen LogP contribution is 2.12. The number of aliphatic carboxylic acids is 1. The van der Waals surface area contributed by atoms with Crippen molar-refractivity contribution in [2.45, 2.75) is 70.0 Å². The van der Waals surface area contributed by atoms with Gasteiger partial charge in [-0.2, -0.15) is 0 Å². The number of carboxylic acid groups (broad SMARTS) is 1.